The van der Waals surface area contributed by atoms with Gasteiger partial charge in [0.15, 0.2) is 11.5 Å². The molecule has 2 N–H and O–H groups in total. The maximum absolute atomic E-state index is 11.3. The molecule has 0 aliphatic carbocycles. The van der Waals surface area contributed by atoms with Gasteiger partial charge in [0, 0.05) is 13.1 Å². The molecule has 0 unspecified atom stereocenters. The van der Waals surface area contributed by atoms with Gasteiger partial charge in [-0.2, -0.15) is 0 Å². The first kappa shape index (κ1) is 12.3. The number of carbonyl (C=O) groups is 1. The summed E-state index contributed by atoms with van der Waals surface area (Å²) in [7, 11) is 2.99. The summed E-state index contributed by atoms with van der Waals surface area (Å²) in [5.74, 6) is 0.498. The zero-order valence-electron chi connectivity index (χ0n) is 9.19. The minimum Gasteiger partial charge on any atom is -0.493 e. The molecule has 1 heterocycles. The van der Waals surface area contributed by atoms with Crippen LogP contribution in [0.4, 0.5) is 0 Å². The molecule has 6 nitrogen and oxygen atoms in total. The van der Waals surface area contributed by atoms with E-state index < -0.39 is 0 Å². The second-order valence-corrected chi connectivity index (χ2v) is 2.87. The third-order valence-electron chi connectivity index (χ3n) is 1.86. The van der Waals surface area contributed by atoms with E-state index in [1.807, 2.05) is 0 Å². The lowest BCUT2D eigenvalue weighted by Crippen LogP contribution is -2.19. The largest absolute Gasteiger partial charge is 0.493 e. The van der Waals surface area contributed by atoms with Gasteiger partial charge in [-0.3, -0.25) is 4.79 Å². The highest BCUT2D eigenvalue weighted by Gasteiger charge is 2.11. The highest BCUT2D eigenvalue weighted by Crippen LogP contribution is 2.26. The lowest BCUT2D eigenvalue weighted by atomic mass is 10.3. The van der Waals surface area contributed by atoms with Gasteiger partial charge in [-0.05, 0) is 0 Å². The average molecular weight is 226 g/mol. The van der Waals surface area contributed by atoms with Gasteiger partial charge in [-0.15, -0.1) is 0 Å². The van der Waals surface area contributed by atoms with Crippen molar-refractivity contribution in [1.29, 1.82) is 0 Å². The number of methoxy groups -OCH3 is 1. The van der Waals surface area contributed by atoms with E-state index in [1.54, 1.807) is 0 Å². The van der Waals surface area contributed by atoms with Gasteiger partial charge in [-0.1, -0.05) is 0 Å². The molecule has 6 heteroatoms. The summed E-state index contributed by atoms with van der Waals surface area (Å²) < 4.78 is 10.2. The van der Waals surface area contributed by atoms with Crippen molar-refractivity contribution in [3.05, 3.63) is 18.0 Å². The summed E-state index contributed by atoms with van der Waals surface area (Å²) in [5, 5.41) is 11.1. The van der Waals surface area contributed by atoms with Crippen molar-refractivity contribution >= 4 is 5.91 Å². The number of nitrogens with one attached hydrogen (secondary N) is 1. The Bertz CT molecular complexity index is 368. The van der Waals surface area contributed by atoms with E-state index in [9.17, 15) is 4.79 Å². The van der Waals surface area contributed by atoms with Crippen LogP contribution < -0.4 is 14.8 Å². The van der Waals surface area contributed by atoms with E-state index >= 15 is 0 Å². The number of ether oxygens (including phenoxy) is 2. The van der Waals surface area contributed by atoms with Gasteiger partial charge in [-0.25, -0.2) is 4.98 Å². The Morgan fingerprint density at radius 2 is 2.31 bits per heavy atom. The fraction of sp³-hybridized carbons (Fsp3) is 0.400. The molecule has 0 aliphatic heterocycles. The highest BCUT2D eigenvalue weighted by atomic mass is 16.5. The predicted octanol–water partition coefficient (Wildman–Crippen LogP) is -0.179. The molecule has 0 spiro atoms. The minimum atomic E-state index is -0.299. The van der Waals surface area contributed by atoms with E-state index in [-0.39, 0.29) is 24.8 Å². The molecule has 0 saturated heterocycles. The normalized spacial score (nSPS) is 9.69. The Balaban J connectivity index is 2.92. The summed E-state index contributed by atoms with van der Waals surface area (Å²) in [4.78, 5) is 15.2. The maximum Gasteiger partial charge on any atom is 0.269 e. The van der Waals surface area contributed by atoms with Crippen molar-refractivity contribution in [2.45, 2.75) is 0 Å². The van der Waals surface area contributed by atoms with Crippen molar-refractivity contribution in [2.75, 3.05) is 27.4 Å². The molecule has 1 amide bonds. The smallest absolute Gasteiger partial charge is 0.269 e. The first-order valence-corrected chi connectivity index (χ1v) is 4.72. The van der Waals surface area contributed by atoms with Crippen molar-refractivity contribution in [1.82, 2.24) is 10.3 Å². The van der Waals surface area contributed by atoms with Crippen LogP contribution in [-0.4, -0.2) is 43.4 Å². The molecule has 1 aromatic rings. The zero-order chi connectivity index (χ0) is 12.0. The van der Waals surface area contributed by atoms with Crippen LogP contribution in [0.5, 0.6) is 11.5 Å². The molecule has 16 heavy (non-hydrogen) atoms. The Kier molecular flexibility index (Phi) is 4.53. The molecule has 88 valence electrons. The lowest BCUT2D eigenvalue weighted by molar-refractivity contribution is 0.0957. The molecule has 1 aromatic heterocycles. The van der Waals surface area contributed by atoms with Gasteiger partial charge >= 0.3 is 0 Å². The van der Waals surface area contributed by atoms with E-state index in [2.05, 4.69) is 10.3 Å². The van der Waals surface area contributed by atoms with Crippen molar-refractivity contribution in [3.63, 3.8) is 0 Å². The number of hydrogen-bond donors (Lipinski definition) is 2. The van der Waals surface area contributed by atoms with Crippen LogP contribution in [0, 0.1) is 0 Å². The fourth-order valence-corrected chi connectivity index (χ4v) is 1.10. The van der Waals surface area contributed by atoms with Crippen molar-refractivity contribution in [2.24, 2.45) is 0 Å². The molecule has 0 aromatic carbocycles. The number of rotatable bonds is 5. The van der Waals surface area contributed by atoms with Gasteiger partial charge in [0.2, 0.25) is 0 Å². The van der Waals surface area contributed by atoms with Crippen LogP contribution in [0.1, 0.15) is 10.5 Å². The molecular weight excluding hydrogens is 212 g/mol. The summed E-state index contributed by atoms with van der Waals surface area (Å²) >= 11 is 0. The van der Waals surface area contributed by atoms with Gasteiger partial charge in [0.1, 0.15) is 12.3 Å². The van der Waals surface area contributed by atoms with E-state index in [0.29, 0.717) is 11.5 Å². The molecular formula is C10H14N2O4. The Hall–Kier alpha value is -1.82. The molecule has 0 saturated carbocycles. The SMILES string of the molecule is CNC(=O)c1cc(OC)c(OCCO)cn1. The number of pyridine rings is 1. The Labute approximate surface area is 93.2 Å². The predicted molar refractivity (Wildman–Crippen MR) is 56.8 cm³/mol. The van der Waals surface area contributed by atoms with Gasteiger partial charge < -0.3 is 19.9 Å². The fourth-order valence-electron chi connectivity index (χ4n) is 1.10. The summed E-state index contributed by atoms with van der Waals surface area (Å²) in [6, 6.07) is 1.48. The van der Waals surface area contributed by atoms with E-state index in [1.165, 1.54) is 26.4 Å². The van der Waals surface area contributed by atoms with Gasteiger partial charge in [0.25, 0.3) is 5.91 Å². The number of nitrogens with zero attached hydrogens (tertiary/aromatic N) is 1. The number of aromatic nitrogens is 1. The Morgan fingerprint density at radius 3 is 2.88 bits per heavy atom. The monoisotopic (exact) mass is 226 g/mol. The standard InChI is InChI=1S/C10H14N2O4/c1-11-10(14)7-5-8(15-2)9(6-12-7)16-4-3-13/h5-6,13H,3-4H2,1-2H3,(H,11,14). The lowest BCUT2D eigenvalue weighted by Gasteiger charge is -2.10. The molecule has 0 radical (unpaired) electrons. The minimum absolute atomic E-state index is 0.0969. The van der Waals surface area contributed by atoms with Crippen LogP contribution in [-0.2, 0) is 0 Å². The number of aliphatic hydroxyl groups is 1. The number of carbonyl (C=O) groups excluding carboxylic acids is 1. The molecule has 0 atom stereocenters. The Morgan fingerprint density at radius 1 is 1.56 bits per heavy atom. The number of aliphatic hydroxyl groups excluding tert-OH is 1. The van der Waals surface area contributed by atoms with Crippen molar-refractivity contribution in [3.8, 4) is 11.5 Å². The van der Waals surface area contributed by atoms with Crippen LogP contribution in [0.15, 0.2) is 12.3 Å². The first-order chi connectivity index (χ1) is 7.72. The molecule has 0 fully saturated rings. The zero-order valence-corrected chi connectivity index (χ0v) is 9.19. The van der Waals surface area contributed by atoms with Crippen LogP contribution >= 0.6 is 0 Å². The third-order valence-corrected chi connectivity index (χ3v) is 1.86. The van der Waals surface area contributed by atoms with Crippen LogP contribution in [0.25, 0.3) is 0 Å². The summed E-state index contributed by atoms with van der Waals surface area (Å²) in [6.45, 7) is 0.0533. The second-order valence-electron chi connectivity index (χ2n) is 2.87. The topological polar surface area (TPSA) is 80.7 Å². The third kappa shape index (κ3) is 2.83. The number of hydrogen-bond acceptors (Lipinski definition) is 5. The van der Waals surface area contributed by atoms with Gasteiger partial charge in [0.05, 0.1) is 19.9 Å². The van der Waals surface area contributed by atoms with Crippen molar-refractivity contribution < 1.29 is 19.4 Å². The average Bonchev–Trinajstić information content (AvgIpc) is 2.35. The van der Waals surface area contributed by atoms with E-state index in [4.69, 9.17) is 14.6 Å². The molecule has 0 bridgehead atoms. The summed E-state index contributed by atoms with van der Waals surface area (Å²) in [6.07, 6.45) is 1.39. The van der Waals surface area contributed by atoms with E-state index in [0.717, 1.165) is 0 Å². The molecule has 0 aliphatic rings. The van der Waals surface area contributed by atoms with Crippen LogP contribution in [0.2, 0.25) is 0 Å². The first-order valence-electron chi connectivity index (χ1n) is 4.72. The van der Waals surface area contributed by atoms with Crippen LogP contribution in [0.3, 0.4) is 0 Å². The highest BCUT2D eigenvalue weighted by molar-refractivity contribution is 5.92. The number of amides is 1. The maximum atomic E-state index is 11.3. The molecule has 1 rings (SSSR count). The second kappa shape index (κ2) is 5.92. The summed E-state index contributed by atoms with van der Waals surface area (Å²) in [5.41, 5.74) is 0.246. The quantitative estimate of drug-likeness (QED) is 0.728.